The van der Waals surface area contributed by atoms with Crippen molar-refractivity contribution in [3.8, 4) is 0 Å². The topological polar surface area (TPSA) is 52.6 Å². The van der Waals surface area contributed by atoms with Gasteiger partial charge in [-0.3, -0.25) is 4.79 Å². The molecule has 0 radical (unpaired) electrons. The molecule has 1 atom stereocenters. The summed E-state index contributed by atoms with van der Waals surface area (Å²) in [5, 5.41) is 14.0. The van der Waals surface area contributed by atoms with Crippen molar-refractivity contribution < 1.29 is 9.90 Å². The minimum absolute atomic E-state index is 0.0479. The Morgan fingerprint density at radius 1 is 1.10 bits per heavy atom. The molecule has 4 nitrogen and oxygen atoms in total. The molecule has 2 aromatic rings. The first-order valence-electron chi connectivity index (χ1n) is 10.9. The fraction of sp³-hybridized carbons (Fsp3) is 0.480. The Kier molecular flexibility index (Phi) is 6.02. The van der Waals surface area contributed by atoms with Crippen molar-refractivity contribution in [1.82, 2.24) is 10.2 Å². The van der Waals surface area contributed by atoms with E-state index >= 15 is 0 Å². The van der Waals surface area contributed by atoms with Crippen molar-refractivity contribution in [3.63, 3.8) is 0 Å². The average Bonchev–Trinajstić information content (AvgIpc) is 2.74. The monoisotopic (exact) mass is 392 g/mol. The quantitative estimate of drug-likeness (QED) is 0.815. The predicted octanol–water partition coefficient (Wildman–Crippen LogP) is 3.75. The summed E-state index contributed by atoms with van der Waals surface area (Å²) >= 11 is 0. The van der Waals surface area contributed by atoms with Crippen LogP contribution in [0.15, 0.2) is 48.5 Å². The van der Waals surface area contributed by atoms with Gasteiger partial charge < -0.3 is 15.3 Å². The van der Waals surface area contributed by atoms with Gasteiger partial charge in [-0.2, -0.15) is 0 Å². The molecule has 1 unspecified atom stereocenters. The van der Waals surface area contributed by atoms with Crippen LogP contribution in [0.5, 0.6) is 0 Å². The number of carbonyl (C=O) groups excluding carboxylic acids is 1. The van der Waals surface area contributed by atoms with E-state index in [0.717, 1.165) is 44.2 Å². The van der Waals surface area contributed by atoms with E-state index in [4.69, 9.17) is 0 Å². The highest BCUT2D eigenvalue weighted by molar-refractivity contribution is 5.80. The van der Waals surface area contributed by atoms with Gasteiger partial charge in [-0.25, -0.2) is 0 Å². The van der Waals surface area contributed by atoms with Crippen LogP contribution in [0.1, 0.15) is 60.4 Å². The maximum absolute atomic E-state index is 13.2. The van der Waals surface area contributed by atoms with Crippen LogP contribution in [0.4, 0.5) is 0 Å². The molecule has 0 bridgehead atoms. The van der Waals surface area contributed by atoms with Crippen LogP contribution in [-0.4, -0.2) is 41.1 Å². The SMILES string of the molecule is Cc1cccc2c1C(c1ccccc1)N(C(=O)CNCC1(O)CCCCC1)CC2. The summed E-state index contributed by atoms with van der Waals surface area (Å²) in [6.45, 7) is 3.63. The average molecular weight is 393 g/mol. The number of aryl methyl sites for hydroxylation is 1. The zero-order valence-electron chi connectivity index (χ0n) is 17.4. The maximum Gasteiger partial charge on any atom is 0.237 e. The zero-order valence-corrected chi connectivity index (χ0v) is 17.4. The van der Waals surface area contributed by atoms with Crippen LogP contribution in [0.25, 0.3) is 0 Å². The van der Waals surface area contributed by atoms with Crippen LogP contribution in [-0.2, 0) is 11.2 Å². The second-order valence-electron chi connectivity index (χ2n) is 8.69. The largest absolute Gasteiger partial charge is 0.389 e. The number of nitrogens with zero attached hydrogens (tertiary/aromatic N) is 1. The molecular formula is C25H32N2O2. The number of fused-ring (bicyclic) bond motifs is 1. The highest BCUT2D eigenvalue weighted by Gasteiger charge is 2.33. The van der Waals surface area contributed by atoms with Crippen molar-refractivity contribution in [1.29, 1.82) is 0 Å². The van der Waals surface area contributed by atoms with Crippen molar-refractivity contribution >= 4 is 5.91 Å². The van der Waals surface area contributed by atoms with Crippen LogP contribution in [0.2, 0.25) is 0 Å². The first-order valence-corrected chi connectivity index (χ1v) is 10.9. The number of hydrogen-bond acceptors (Lipinski definition) is 3. The van der Waals surface area contributed by atoms with Crippen LogP contribution in [0.3, 0.4) is 0 Å². The smallest absolute Gasteiger partial charge is 0.237 e. The fourth-order valence-corrected chi connectivity index (χ4v) is 5.02. The van der Waals surface area contributed by atoms with E-state index in [9.17, 15) is 9.90 Å². The summed E-state index contributed by atoms with van der Waals surface area (Å²) in [4.78, 5) is 15.2. The first-order chi connectivity index (χ1) is 14.1. The van der Waals surface area contributed by atoms with Gasteiger partial charge in [0.25, 0.3) is 0 Å². The van der Waals surface area contributed by atoms with E-state index in [0.29, 0.717) is 6.54 Å². The molecular weight excluding hydrogens is 360 g/mol. The molecule has 4 rings (SSSR count). The van der Waals surface area contributed by atoms with Crippen molar-refractivity contribution in [2.45, 2.75) is 57.1 Å². The van der Waals surface area contributed by atoms with Crippen LogP contribution >= 0.6 is 0 Å². The van der Waals surface area contributed by atoms with Gasteiger partial charge in [0, 0.05) is 13.1 Å². The lowest BCUT2D eigenvalue weighted by Crippen LogP contribution is -2.48. The van der Waals surface area contributed by atoms with E-state index in [1.165, 1.54) is 23.1 Å². The van der Waals surface area contributed by atoms with E-state index in [-0.39, 0.29) is 18.5 Å². The zero-order chi connectivity index (χ0) is 20.3. The molecule has 0 aromatic heterocycles. The number of benzene rings is 2. The minimum atomic E-state index is -0.650. The van der Waals surface area contributed by atoms with Gasteiger partial charge in [-0.1, -0.05) is 67.8 Å². The molecule has 1 heterocycles. The third-order valence-corrected chi connectivity index (χ3v) is 6.57. The molecule has 1 amide bonds. The Morgan fingerprint density at radius 3 is 2.62 bits per heavy atom. The molecule has 2 aromatic carbocycles. The molecule has 2 N–H and O–H groups in total. The van der Waals surface area contributed by atoms with Gasteiger partial charge in [0.15, 0.2) is 0 Å². The second-order valence-corrected chi connectivity index (χ2v) is 8.69. The lowest BCUT2D eigenvalue weighted by Gasteiger charge is -2.39. The van der Waals surface area contributed by atoms with Gasteiger partial charge in [0.2, 0.25) is 5.91 Å². The van der Waals surface area contributed by atoms with Gasteiger partial charge in [0.05, 0.1) is 18.2 Å². The van der Waals surface area contributed by atoms with E-state index in [2.05, 4.69) is 42.6 Å². The molecule has 154 valence electrons. The van der Waals surface area contributed by atoms with Crippen LogP contribution < -0.4 is 5.32 Å². The Bertz CT molecular complexity index is 843. The number of amides is 1. The first kappa shape index (κ1) is 20.1. The number of hydrogen-bond donors (Lipinski definition) is 2. The number of aliphatic hydroxyl groups is 1. The molecule has 4 heteroatoms. The molecule has 1 aliphatic heterocycles. The van der Waals surface area contributed by atoms with Gasteiger partial charge >= 0.3 is 0 Å². The highest BCUT2D eigenvalue weighted by atomic mass is 16.3. The van der Waals surface area contributed by atoms with E-state index < -0.39 is 5.60 Å². The third-order valence-electron chi connectivity index (χ3n) is 6.57. The summed E-state index contributed by atoms with van der Waals surface area (Å²) in [5.41, 5.74) is 4.35. The summed E-state index contributed by atoms with van der Waals surface area (Å²) in [5.74, 6) is 0.104. The normalized spacial score (nSPS) is 20.9. The summed E-state index contributed by atoms with van der Waals surface area (Å²) in [6, 6.07) is 16.7. The van der Waals surface area contributed by atoms with E-state index in [1.54, 1.807) is 0 Å². The second kappa shape index (κ2) is 8.68. The summed E-state index contributed by atoms with van der Waals surface area (Å²) < 4.78 is 0. The molecule has 1 fully saturated rings. The maximum atomic E-state index is 13.2. The number of rotatable bonds is 5. The molecule has 29 heavy (non-hydrogen) atoms. The highest BCUT2D eigenvalue weighted by Crippen LogP contribution is 2.37. The minimum Gasteiger partial charge on any atom is -0.389 e. The molecule has 1 aliphatic carbocycles. The van der Waals surface area contributed by atoms with Gasteiger partial charge in [-0.15, -0.1) is 0 Å². The Balaban J connectivity index is 1.52. The molecule has 0 saturated heterocycles. The van der Waals surface area contributed by atoms with Crippen molar-refractivity contribution in [2.75, 3.05) is 19.6 Å². The van der Waals surface area contributed by atoms with E-state index in [1.807, 2.05) is 23.1 Å². The van der Waals surface area contributed by atoms with Crippen molar-refractivity contribution in [3.05, 3.63) is 70.8 Å². The molecule has 0 spiro atoms. The van der Waals surface area contributed by atoms with Crippen LogP contribution in [0, 0.1) is 6.92 Å². The Labute approximate surface area is 173 Å². The van der Waals surface area contributed by atoms with Crippen molar-refractivity contribution in [2.24, 2.45) is 0 Å². The standard InChI is InChI=1S/C25H32N2O2/c1-19-9-8-12-20-13-16-27(24(23(19)20)21-10-4-2-5-11-21)22(28)17-26-18-25(29)14-6-3-7-15-25/h2,4-5,8-12,24,26,29H,3,6-7,13-18H2,1H3. The van der Waals surface area contributed by atoms with Gasteiger partial charge in [0.1, 0.15) is 0 Å². The summed E-state index contributed by atoms with van der Waals surface area (Å²) in [7, 11) is 0. The predicted molar refractivity (Wildman–Crippen MR) is 116 cm³/mol. The lowest BCUT2D eigenvalue weighted by molar-refractivity contribution is -0.132. The number of carbonyl (C=O) groups is 1. The Morgan fingerprint density at radius 2 is 1.86 bits per heavy atom. The fourth-order valence-electron chi connectivity index (χ4n) is 5.02. The number of nitrogens with one attached hydrogen (secondary N) is 1. The lowest BCUT2D eigenvalue weighted by atomic mass is 9.84. The summed E-state index contributed by atoms with van der Waals surface area (Å²) in [6.07, 6.45) is 5.89. The Hall–Kier alpha value is -2.17. The molecule has 2 aliphatic rings. The van der Waals surface area contributed by atoms with Gasteiger partial charge in [-0.05, 0) is 48.4 Å². The third kappa shape index (κ3) is 4.39. The molecule has 1 saturated carbocycles.